The first-order chi connectivity index (χ1) is 6.24. The normalized spacial score (nSPS) is 11.3. The smallest absolute Gasteiger partial charge is 0.353 e. The highest BCUT2D eigenvalue weighted by Crippen LogP contribution is 2.15. The van der Waals surface area contributed by atoms with E-state index < -0.39 is 5.97 Å². The molecule has 5 nitrogen and oxygen atoms in total. The Morgan fingerprint density at radius 2 is 2.62 bits per heavy atom. The number of oxime groups is 1. The zero-order chi connectivity index (χ0) is 9.68. The van der Waals surface area contributed by atoms with Gasteiger partial charge in [0.15, 0.2) is 5.71 Å². The lowest BCUT2D eigenvalue weighted by Gasteiger charge is -1.95. The number of rotatable bonds is 4. The third kappa shape index (κ3) is 2.83. The van der Waals surface area contributed by atoms with Crippen LogP contribution in [0.25, 0.3) is 0 Å². The zero-order valence-electron chi connectivity index (χ0n) is 6.93. The van der Waals surface area contributed by atoms with Gasteiger partial charge in [-0.15, -0.1) is 0 Å². The predicted octanol–water partition coefficient (Wildman–Crippen LogP) is 1.37. The van der Waals surface area contributed by atoms with E-state index in [9.17, 15) is 4.79 Å². The van der Waals surface area contributed by atoms with Gasteiger partial charge in [0.2, 0.25) is 5.06 Å². The van der Waals surface area contributed by atoms with Gasteiger partial charge in [-0.2, -0.15) is 0 Å². The van der Waals surface area contributed by atoms with Gasteiger partial charge in [0.05, 0.1) is 11.7 Å². The molecule has 0 aliphatic rings. The van der Waals surface area contributed by atoms with Gasteiger partial charge in [-0.1, -0.05) is 23.4 Å². The Balaban J connectivity index is 2.60. The second-order valence-corrected chi connectivity index (χ2v) is 2.96. The van der Waals surface area contributed by atoms with Crippen molar-refractivity contribution in [3.63, 3.8) is 0 Å². The summed E-state index contributed by atoms with van der Waals surface area (Å²) in [6, 6.07) is 0. The molecule has 0 atom stereocenters. The second kappa shape index (κ2) is 4.56. The van der Waals surface area contributed by atoms with E-state index in [1.54, 1.807) is 12.4 Å². The Morgan fingerprint density at radius 1 is 1.85 bits per heavy atom. The highest BCUT2D eigenvalue weighted by Gasteiger charge is 2.07. The van der Waals surface area contributed by atoms with Gasteiger partial charge in [-0.05, 0) is 6.42 Å². The van der Waals surface area contributed by atoms with Crippen molar-refractivity contribution < 1.29 is 14.7 Å². The Hall–Kier alpha value is -1.43. The summed E-state index contributed by atoms with van der Waals surface area (Å²) < 4.78 is 0. The van der Waals surface area contributed by atoms with E-state index in [0.29, 0.717) is 11.5 Å². The molecule has 1 heterocycles. The second-order valence-electron chi connectivity index (χ2n) is 2.11. The summed E-state index contributed by atoms with van der Waals surface area (Å²) in [5.41, 5.74) is 1.57. The summed E-state index contributed by atoms with van der Waals surface area (Å²) in [5, 5.41) is 12.5. The van der Waals surface area contributed by atoms with Crippen LogP contribution < -0.4 is 4.84 Å². The van der Waals surface area contributed by atoms with Crippen LogP contribution in [0.4, 0.5) is 0 Å². The number of hydrogen-bond acceptors (Lipinski definition) is 5. The number of carboxylic acid groups (broad SMARTS) is 1. The number of carbonyl (C=O) groups is 1. The lowest BCUT2D eigenvalue weighted by molar-refractivity contribution is -0.129. The first-order valence-corrected chi connectivity index (χ1v) is 4.47. The number of aliphatic carboxylic acids is 1. The number of thiazole rings is 1. The van der Waals surface area contributed by atoms with Crippen molar-refractivity contribution in [1.82, 2.24) is 4.98 Å². The van der Waals surface area contributed by atoms with E-state index in [0.717, 1.165) is 0 Å². The van der Waals surface area contributed by atoms with Gasteiger partial charge in [-0.25, -0.2) is 9.78 Å². The summed E-state index contributed by atoms with van der Waals surface area (Å²) >= 11 is 1.25. The maximum atomic E-state index is 10.5. The summed E-state index contributed by atoms with van der Waals surface area (Å²) in [4.78, 5) is 19.0. The summed E-state index contributed by atoms with van der Waals surface area (Å²) in [5.74, 6) is -1.06. The topological polar surface area (TPSA) is 71.8 Å². The van der Waals surface area contributed by atoms with Crippen molar-refractivity contribution in [1.29, 1.82) is 0 Å². The average molecular weight is 200 g/mol. The first-order valence-electron chi connectivity index (χ1n) is 3.59. The summed E-state index contributed by atoms with van der Waals surface area (Å²) in [7, 11) is 0. The molecule has 1 rings (SSSR count). The van der Waals surface area contributed by atoms with E-state index in [-0.39, 0.29) is 5.71 Å². The van der Waals surface area contributed by atoms with Crippen LogP contribution >= 0.6 is 11.3 Å². The van der Waals surface area contributed by atoms with Crippen molar-refractivity contribution >= 4 is 23.0 Å². The number of nitrogens with zero attached hydrogens (tertiary/aromatic N) is 2. The van der Waals surface area contributed by atoms with E-state index in [1.165, 1.54) is 17.5 Å². The van der Waals surface area contributed by atoms with Crippen molar-refractivity contribution in [2.24, 2.45) is 5.16 Å². The molecule has 6 heteroatoms. The van der Waals surface area contributed by atoms with Crippen LogP contribution in [0.3, 0.4) is 0 Å². The Bertz CT molecular complexity index is 308. The molecule has 0 aromatic carbocycles. The van der Waals surface area contributed by atoms with Crippen molar-refractivity contribution in [3.8, 4) is 5.06 Å². The molecule has 0 amide bonds. The Labute approximate surface area is 78.7 Å². The third-order valence-electron chi connectivity index (χ3n) is 1.24. The highest BCUT2D eigenvalue weighted by atomic mass is 32.1. The fourth-order valence-corrected chi connectivity index (χ4v) is 1.03. The molecule has 0 saturated carbocycles. The van der Waals surface area contributed by atoms with Crippen LogP contribution in [-0.4, -0.2) is 21.8 Å². The van der Waals surface area contributed by atoms with Crippen molar-refractivity contribution in [2.75, 3.05) is 0 Å². The number of aromatic nitrogens is 1. The van der Waals surface area contributed by atoms with Gasteiger partial charge in [0, 0.05) is 0 Å². The minimum Gasteiger partial charge on any atom is -0.477 e. The molecule has 1 aromatic rings. The molecule has 1 aromatic heterocycles. The maximum absolute atomic E-state index is 10.5. The minimum atomic E-state index is -1.06. The predicted molar refractivity (Wildman–Crippen MR) is 48.1 cm³/mol. The standard InChI is InChI=1S/C7H8N2O3S/c1-2-5(7(10)11)9-12-6-3-8-4-13-6/h3-4H,2H2,1H3,(H,10,11). The zero-order valence-corrected chi connectivity index (χ0v) is 7.74. The monoisotopic (exact) mass is 200 g/mol. The summed E-state index contributed by atoms with van der Waals surface area (Å²) in [6.07, 6.45) is 1.80. The van der Waals surface area contributed by atoms with Gasteiger partial charge in [0.25, 0.3) is 0 Å². The molecule has 0 unspecified atom stereocenters. The van der Waals surface area contributed by atoms with Crippen molar-refractivity contribution in [2.45, 2.75) is 13.3 Å². The van der Waals surface area contributed by atoms with Gasteiger partial charge in [-0.3, -0.25) is 0 Å². The maximum Gasteiger partial charge on any atom is 0.353 e. The van der Waals surface area contributed by atoms with E-state index in [2.05, 4.69) is 10.1 Å². The number of hydrogen-bond donors (Lipinski definition) is 1. The fraction of sp³-hybridized carbons (Fsp3) is 0.286. The molecule has 1 N–H and O–H groups in total. The highest BCUT2D eigenvalue weighted by molar-refractivity contribution is 7.11. The van der Waals surface area contributed by atoms with E-state index in [4.69, 9.17) is 9.94 Å². The first kappa shape index (κ1) is 9.66. The SMILES string of the molecule is CCC(=NOc1cncs1)C(=O)O. The largest absolute Gasteiger partial charge is 0.477 e. The Kier molecular flexibility index (Phi) is 3.39. The van der Waals surface area contributed by atoms with Crippen LogP contribution in [0.15, 0.2) is 16.9 Å². The molecule has 0 saturated heterocycles. The molecule has 0 bridgehead atoms. The van der Waals surface area contributed by atoms with E-state index >= 15 is 0 Å². The summed E-state index contributed by atoms with van der Waals surface area (Å²) in [6.45, 7) is 1.70. The van der Waals surface area contributed by atoms with Gasteiger partial charge < -0.3 is 9.94 Å². The Morgan fingerprint density at radius 3 is 3.08 bits per heavy atom. The van der Waals surface area contributed by atoms with Crippen LogP contribution in [0, 0.1) is 0 Å². The van der Waals surface area contributed by atoms with Crippen LogP contribution in [-0.2, 0) is 4.79 Å². The molecule has 13 heavy (non-hydrogen) atoms. The number of carboxylic acids is 1. The quantitative estimate of drug-likeness (QED) is 0.588. The molecular formula is C7H8N2O3S. The fourth-order valence-electron chi connectivity index (χ4n) is 0.604. The van der Waals surface area contributed by atoms with Crippen LogP contribution in [0.1, 0.15) is 13.3 Å². The molecule has 70 valence electrons. The average Bonchev–Trinajstić information content (AvgIpc) is 2.57. The molecular weight excluding hydrogens is 192 g/mol. The van der Waals surface area contributed by atoms with E-state index in [1.807, 2.05) is 0 Å². The lowest BCUT2D eigenvalue weighted by Crippen LogP contribution is -2.12. The molecule has 0 aliphatic heterocycles. The van der Waals surface area contributed by atoms with Gasteiger partial charge in [0.1, 0.15) is 0 Å². The molecule has 0 spiro atoms. The van der Waals surface area contributed by atoms with Crippen LogP contribution in [0.2, 0.25) is 0 Å². The molecule has 0 fully saturated rings. The van der Waals surface area contributed by atoms with Crippen molar-refractivity contribution in [3.05, 3.63) is 11.7 Å². The van der Waals surface area contributed by atoms with Gasteiger partial charge >= 0.3 is 5.97 Å². The molecule has 0 aliphatic carbocycles. The lowest BCUT2D eigenvalue weighted by atomic mass is 10.3. The van der Waals surface area contributed by atoms with Crippen LogP contribution in [0.5, 0.6) is 5.06 Å². The minimum absolute atomic E-state index is 0.00611. The molecule has 0 radical (unpaired) electrons. The third-order valence-corrected chi connectivity index (χ3v) is 1.88.